The highest BCUT2D eigenvalue weighted by Gasteiger charge is 2.11. The first-order valence-corrected chi connectivity index (χ1v) is 11.8. The van der Waals surface area contributed by atoms with Crippen molar-refractivity contribution in [3.63, 3.8) is 0 Å². The highest BCUT2D eigenvalue weighted by Crippen LogP contribution is 2.30. The molecule has 156 valence electrons. The molecule has 8 heteroatoms. The van der Waals surface area contributed by atoms with E-state index >= 15 is 0 Å². The highest BCUT2D eigenvalue weighted by molar-refractivity contribution is 8.00. The fraction of sp³-hybridized carbons (Fsp3) is 0.227. The number of thioether (sulfide) groups is 1. The van der Waals surface area contributed by atoms with Crippen molar-refractivity contribution in [2.45, 2.75) is 31.1 Å². The molecule has 2 aromatic carbocycles. The van der Waals surface area contributed by atoms with Crippen LogP contribution in [0.25, 0.3) is 11.3 Å². The van der Waals surface area contributed by atoms with Gasteiger partial charge in [0.05, 0.1) is 11.4 Å². The van der Waals surface area contributed by atoms with E-state index in [1.807, 2.05) is 53.9 Å². The molecule has 1 aromatic heterocycles. The number of hydrogen-bond acceptors (Lipinski definition) is 5. The fourth-order valence-corrected chi connectivity index (χ4v) is 4.28. The van der Waals surface area contributed by atoms with Gasteiger partial charge in [0.2, 0.25) is 11.8 Å². The molecule has 3 rings (SSSR count). The number of benzene rings is 2. The summed E-state index contributed by atoms with van der Waals surface area (Å²) in [6.45, 7) is 2.06. The number of aromatic nitrogens is 1. The zero-order valence-electron chi connectivity index (χ0n) is 16.5. The lowest BCUT2D eigenvalue weighted by atomic mass is 10.2. The molecular formula is C22H22ClN3O2S2. The molecule has 0 radical (unpaired) electrons. The Labute approximate surface area is 189 Å². The Hall–Kier alpha value is -2.35. The number of amides is 2. The van der Waals surface area contributed by atoms with Crippen LogP contribution in [-0.4, -0.2) is 22.6 Å². The molecule has 2 N–H and O–H groups in total. The van der Waals surface area contributed by atoms with E-state index in [0.29, 0.717) is 16.6 Å². The Morgan fingerprint density at radius 3 is 2.57 bits per heavy atom. The number of carbonyl (C=O) groups excluding carboxylic acids is 2. The average molecular weight is 460 g/mol. The van der Waals surface area contributed by atoms with Crippen LogP contribution in [0.3, 0.4) is 0 Å². The molecular weight excluding hydrogens is 438 g/mol. The van der Waals surface area contributed by atoms with E-state index in [2.05, 4.69) is 22.5 Å². The lowest BCUT2D eigenvalue weighted by molar-refractivity contribution is -0.116. The molecule has 0 atom stereocenters. The molecule has 3 aromatic rings. The fourth-order valence-electron chi connectivity index (χ4n) is 2.62. The largest absolute Gasteiger partial charge is 0.326 e. The summed E-state index contributed by atoms with van der Waals surface area (Å²) in [6.07, 6.45) is 2.41. The number of anilines is 2. The minimum absolute atomic E-state index is 0.0243. The molecule has 0 spiro atoms. The van der Waals surface area contributed by atoms with Crippen LogP contribution in [0.2, 0.25) is 5.02 Å². The monoisotopic (exact) mass is 459 g/mol. The molecule has 0 bridgehead atoms. The van der Waals surface area contributed by atoms with E-state index in [4.69, 9.17) is 11.6 Å². The van der Waals surface area contributed by atoms with Crippen molar-refractivity contribution in [3.05, 3.63) is 58.9 Å². The van der Waals surface area contributed by atoms with Gasteiger partial charge in [-0.3, -0.25) is 9.59 Å². The third-order valence-electron chi connectivity index (χ3n) is 4.17. The van der Waals surface area contributed by atoms with Crippen LogP contribution < -0.4 is 10.6 Å². The Morgan fingerprint density at radius 2 is 1.83 bits per heavy atom. The summed E-state index contributed by atoms with van der Waals surface area (Å²) in [4.78, 5) is 29.4. The summed E-state index contributed by atoms with van der Waals surface area (Å²) < 4.78 is 0. The van der Waals surface area contributed by atoms with Gasteiger partial charge in [0, 0.05) is 33.0 Å². The maximum Gasteiger partial charge on any atom is 0.236 e. The van der Waals surface area contributed by atoms with Gasteiger partial charge in [0.25, 0.3) is 0 Å². The number of halogens is 1. The summed E-state index contributed by atoms with van der Waals surface area (Å²) in [5, 5.41) is 8.74. The van der Waals surface area contributed by atoms with E-state index < -0.39 is 0 Å². The van der Waals surface area contributed by atoms with Crippen molar-refractivity contribution in [1.82, 2.24) is 4.98 Å². The van der Waals surface area contributed by atoms with E-state index in [-0.39, 0.29) is 17.6 Å². The quantitative estimate of drug-likeness (QED) is 0.367. The van der Waals surface area contributed by atoms with Gasteiger partial charge >= 0.3 is 0 Å². The van der Waals surface area contributed by atoms with Crippen LogP contribution >= 0.6 is 34.7 Å². The number of nitrogens with one attached hydrogen (secondary N) is 2. The van der Waals surface area contributed by atoms with Crippen molar-refractivity contribution < 1.29 is 9.59 Å². The molecule has 30 heavy (non-hydrogen) atoms. The second kappa shape index (κ2) is 11.2. The van der Waals surface area contributed by atoms with Crippen molar-refractivity contribution >= 4 is 57.3 Å². The van der Waals surface area contributed by atoms with E-state index in [1.54, 1.807) is 0 Å². The van der Waals surface area contributed by atoms with E-state index in [0.717, 1.165) is 34.7 Å². The Morgan fingerprint density at radius 1 is 1.07 bits per heavy atom. The maximum absolute atomic E-state index is 12.3. The number of hydrogen-bond donors (Lipinski definition) is 2. The van der Waals surface area contributed by atoms with Crippen LogP contribution in [0, 0.1) is 0 Å². The number of unbranched alkanes of at least 4 members (excludes halogenated alkanes) is 1. The van der Waals surface area contributed by atoms with Gasteiger partial charge in [0.1, 0.15) is 0 Å². The zero-order chi connectivity index (χ0) is 21.3. The molecule has 0 aliphatic rings. The van der Waals surface area contributed by atoms with Crippen molar-refractivity contribution in [3.8, 4) is 11.3 Å². The lowest BCUT2D eigenvalue weighted by Crippen LogP contribution is -2.13. The summed E-state index contributed by atoms with van der Waals surface area (Å²) >= 11 is 8.99. The molecule has 0 unspecified atom stereocenters. The molecule has 0 saturated heterocycles. The average Bonchev–Trinajstić information content (AvgIpc) is 3.20. The SMILES string of the molecule is CCCCC(=O)Nc1ccc(SCC(=O)Nc2nc(-c3ccccc3Cl)cs2)cc1. The molecule has 5 nitrogen and oxygen atoms in total. The molecule has 1 heterocycles. The number of carbonyl (C=O) groups is 2. The lowest BCUT2D eigenvalue weighted by Gasteiger charge is -2.06. The predicted octanol–water partition coefficient (Wildman–Crippen LogP) is 6.32. The third-order valence-corrected chi connectivity index (χ3v) is 6.27. The van der Waals surface area contributed by atoms with Crippen molar-refractivity contribution in [1.29, 1.82) is 0 Å². The summed E-state index contributed by atoms with van der Waals surface area (Å²) in [7, 11) is 0. The number of thiazole rings is 1. The number of nitrogens with zero attached hydrogens (tertiary/aromatic N) is 1. The van der Waals surface area contributed by atoms with Gasteiger partial charge in [-0.1, -0.05) is 43.1 Å². The molecule has 2 amide bonds. The van der Waals surface area contributed by atoms with Crippen molar-refractivity contribution in [2.24, 2.45) is 0 Å². The van der Waals surface area contributed by atoms with Crippen LogP contribution in [0.1, 0.15) is 26.2 Å². The Kier molecular flexibility index (Phi) is 8.30. The van der Waals surface area contributed by atoms with Gasteiger partial charge in [-0.25, -0.2) is 4.98 Å². The van der Waals surface area contributed by atoms with Gasteiger partial charge in [-0.05, 0) is 36.8 Å². The Bertz CT molecular complexity index is 1010. The second-order valence-electron chi connectivity index (χ2n) is 6.53. The number of rotatable bonds is 9. The van der Waals surface area contributed by atoms with Gasteiger partial charge in [-0.2, -0.15) is 0 Å². The Balaban J connectivity index is 1.48. The van der Waals surface area contributed by atoms with Crippen LogP contribution in [0.4, 0.5) is 10.8 Å². The first-order valence-electron chi connectivity index (χ1n) is 9.58. The van der Waals surface area contributed by atoms with Crippen molar-refractivity contribution in [2.75, 3.05) is 16.4 Å². The van der Waals surface area contributed by atoms with E-state index in [9.17, 15) is 9.59 Å². The standard InChI is InChI=1S/C22H22ClN3O2S2/c1-2-3-8-20(27)24-15-9-11-16(12-10-15)29-14-21(28)26-22-25-19(13-30-22)17-6-4-5-7-18(17)23/h4-7,9-13H,2-3,8,14H2,1H3,(H,24,27)(H,25,26,28). The summed E-state index contributed by atoms with van der Waals surface area (Å²) in [6, 6.07) is 15.0. The molecule has 0 aliphatic heterocycles. The summed E-state index contributed by atoms with van der Waals surface area (Å²) in [5.74, 6) is 0.164. The first-order chi connectivity index (χ1) is 14.5. The van der Waals surface area contributed by atoms with E-state index in [1.165, 1.54) is 23.1 Å². The zero-order valence-corrected chi connectivity index (χ0v) is 18.9. The smallest absolute Gasteiger partial charge is 0.236 e. The molecule has 0 saturated carbocycles. The van der Waals surface area contributed by atoms with Crippen LogP contribution in [0.15, 0.2) is 58.8 Å². The minimum Gasteiger partial charge on any atom is -0.326 e. The topological polar surface area (TPSA) is 71.1 Å². The van der Waals surface area contributed by atoms with Gasteiger partial charge in [0.15, 0.2) is 5.13 Å². The van der Waals surface area contributed by atoms with Crippen LogP contribution in [-0.2, 0) is 9.59 Å². The normalized spacial score (nSPS) is 10.6. The minimum atomic E-state index is -0.128. The highest BCUT2D eigenvalue weighted by atomic mass is 35.5. The first kappa shape index (κ1) is 22.3. The molecule has 0 fully saturated rings. The second-order valence-corrected chi connectivity index (χ2v) is 8.84. The van der Waals surface area contributed by atoms with Crippen LogP contribution in [0.5, 0.6) is 0 Å². The summed E-state index contributed by atoms with van der Waals surface area (Å²) in [5.41, 5.74) is 2.34. The van der Waals surface area contributed by atoms with Gasteiger partial charge < -0.3 is 10.6 Å². The maximum atomic E-state index is 12.3. The predicted molar refractivity (Wildman–Crippen MR) is 127 cm³/mol. The third kappa shape index (κ3) is 6.58. The molecule has 0 aliphatic carbocycles. The van der Waals surface area contributed by atoms with Gasteiger partial charge in [-0.15, -0.1) is 23.1 Å².